The van der Waals surface area contributed by atoms with E-state index in [9.17, 15) is 9.59 Å². The molecule has 1 fully saturated rings. The predicted octanol–water partition coefficient (Wildman–Crippen LogP) is 0.0433. The smallest absolute Gasteiger partial charge is 0.239 e. The molecule has 1 aliphatic rings. The van der Waals surface area contributed by atoms with Crippen molar-refractivity contribution in [2.75, 3.05) is 39.8 Å². The molecule has 122 valence electrons. The number of carbonyl (C=O) groups excluding carboxylic acids is 2. The number of nitrogens with one attached hydrogen (secondary N) is 2. The summed E-state index contributed by atoms with van der Waals surface area (Å²) in [5.74, 6) is -0.0555. The minimum atomic E-state index is -0.0908. The molecule has 1 saturated heterocycles. The van der Waals surface area contributed by atoms with Crippen LogP contribution in [0.3, 0.4) is 0 Å². The SMILES string of the molecule is CCN(CC(=O)NC(C)C)C(=O)CN1CCCC(NC)C1. The van der Waals surface area contributed by atoms with Gasteiger partial charge in [0, 0.05) is 25.2 Å². The van der Waals surface area contributed by atoms with Crippen LogP contribution in [0.15, 0.2) is 0 Å². The summed E-state index contributed by atoms with van der Waals surface area (Å²) in [6.45, 7) is 8.72. The zero-order valence-corrected chi connectivity index (χ0v) is 13.8. The van der Waals surface area contributed by atoms with Crippen LogP contribution < -0.4 is 10.6 Å². The molecule has 1 aliphatic heterocycles. The van der Waals surface area contributed by atoms with Gasteiger partial charge in [0.15, 0.2) is 0 Å². The van der Waals surface area contributed by atoms with Crippen molar-refractivity contribution in [3.05, 3.63) is 0 Å². The largest absolute Gasteiger partial charge is 0.352 e. The van der Waals surface area contributed by atoms with E-state index in [0.717, 1.165) is 25.9 Å². The topological polar surface area (TPSA) is 64.7 Å². The second kappa shape index (κ2) is 9.00. The van der Waals surface area contributed by atoms with Gasteiger partial charge in [-0.3, -0.25) is 14.5 Å². The Morgan fingerprint density at radius 3 is 2.67 bits per heavy atom. The third-order valence-electron chi connectivity index (χ3n) is 3.79. The number of hydrogen-bond acceptors (Lipinski definition) is 4. The number of piperidine rings is 1. The number of rotatable bonds is 7. The Hall–Kier alpha value is -1.14. The van der Waals surface area contributed by atoms with Crippen LogP contribution in [-0.2, 0) is 9.59 Å². The number of likely N-dealkylation sites (tertiary alicyclic amines) is 1. The lowest BCUT2D eigenvalue weighted by molar-refractivity contribution is -0.137. The molecule has 1 rings (SSSR count). The second-order valence-corrected chi connectivity index (χ2v) is 5.99. The fraction of sp³-hybridized carbons (Fsp3) is 0.867. The van der Waals surface area contributed by atoms with Crippen molar-refractivity contribution < 1.29 is 9.59 Å². The molecule has 0 aliphatic carbocycles. The Balaban J connectivity index is 2.45. The van der Waals surface area contributed by atoms with Crippen LogP contribution in [0.5, 0.6) is 0 Å². The molecule has 0 aromatic rings. The molecule has 21 heavy (non-hydrogen) atoms. The van der Waals surface area contributed by atoms with Gasteiger partial charge in [-0.25, -0.2) is 0 Å². The van der Waals surface area contributed by atoms with Crippen molar-refractivity contribution in [1.29, 1.82) is 0 Å². The Labute approximate surface area is 128 Å². The van der Waals surface area contributed by atoms with Gasteiger partial charge >= 0.3 is 0 Å². The molecule has 0 bridgehead atoms. The zero-order valence-electron chi connectivity index (χ0n) is 13.8. The standard InChI is InChI=1S/C15H30N4O2/c1-5-19(10-14(20)17-12(2)3)15(21)11-18-8-6-7-13(9-18)16-4/h12-13,16H,5-11H2,1-4H3,(H,17,20). The van der Waals surface area contributed by atoms with E-state index >= 15 is 0 Å². The van der Waals surface area contributed by atoms with E-state index in [1.54, 1.807) is 4.90 Å². The summed E-state index contributed by atoms with van der Waals surface area (Å²) in [5, 5.41) is 6.10. The molecule has 0 aromatic heterocycles. The summed E-state index contributed by atoms with van der Waals surface area (Å²) in [4.78, 5) is 27.9. The number of hydrogen-bond donors (Lipinski definition) is 2. The quantitative estimate of drug-likeness (QED) is 0.697. The summed E-state index contributed by atoms with van der Waals surface area (Å²) < 4.78 is 0. The molecule has 2 amide bonds. The van der Waals surface area contributed by atoms with Crippen LogP contribution in [-0.4, -0.2) is 73.5 Å². The molecule has 1 heterocycles. The molecule has 0 aromatic carbocycles. The van der Waals surface area contributed by atoms with Gasteiger partial charge in [0.1, 0.15) is 0 Å². The van der Waals surface area contributed by atoms with Gasteiger partial charge in [0.25, 0.3) is 0 Å². The summed E-state index contributed by atoms with van der Waals surface area (Å²) >= 11 is 0. The van der Waals surface area contributed by atoms with E-state index in [1.165, 1.54) is 0 Å². The van der Waals surface area contributed by atoms with Gasteiger partial charge in [-0.15, -0.1) is 0 Å². The highest BCUT2D eigenvalue weighted by Crippen LogP contribution is 2.09. The molecule has 6 nitrogen and oxygen atoms in total. The van der Waals surface area contributed by atoms with Crippen LogP contribution in [0.1, 0.15) is 33.6 Å². The fourth-order valence-electron chi connectivity index (χ4n) is 2.64. The molecule has 1 unspecified atom stereocenters. The summed E-state index contributed by atoms with van der Waals surface area (Å²) in [6, 6.07) is 0.565. The number of nitrogens with zero attached hydrogens (tertiary/aromatic N) is 2. The monoisotopic (exact) mass is 298 g/mol. The molecular formula is C15H30N4O2. The van der Waals surface area contributed by atoms with Gasteiger partial charge in [0.2, 0.25) is 11.8 Å². The van der Waals surface area contributed by atoms with Gasteiger partial charge in [0.05, 0.1) is 13.1 Å². The third-order valence-corrected chi connectivity index (χ3v) is 3.79. The van der Waals surface area contributed by atoms with Gasteiger partial charge in [-0.2, -0.15) is 0 Å². The molecule has 6 heteroatoms. The van der Waals surface area contributed by atoms with Crippen molar-refractivity contribution in [2.24, 2.45) is 0 Å². The number of likely N-dealkylation sites (N-methyl/N-ethyl adjacent to an activating group) is 2. The summed E-state index contributed by atoms with van der Waals surface area (Å²) in [6.07, 6.45) is 2.27. The Kier molecular flexibility index (Phi) is 7.67. The first-order valence-corrected chi connectivity index (χ1v) is 7.93. The highest BCUT2D eigenvalue weighted by atomic mass is 16.2. The van der Waals surface area contributed by atoms with E-state index < -0.39 is 0 Å². The summed E-state index contributed by atoms with van der Waals surface area (Å²) in [5.41, 5.74) is 0. The summed E-state index contributed by atoms with van der Waals surface area (Å²) in [7, 11) is 1.96. The molecule has 0 saturated carbocycles. The maximum absolute atomic E-state index is 12.3. The van der Waals surface area contributed by atoms with Crippen LogP contribution in [0.25, 0.3) is 0 Å². The highest BCUT2D eigenvalue weighted by Gasteiger charge is 2.23. The van der Waals surface area contributed by atoms with Crippen LogP contribution in [0, 0.1) is 0 Å². The normalized spacial score (nSPS) is 19.6. The highest BCUT2D eigenvalue weighted by molar-refractivity contribution is 5.85. The lowest BCUT2D eigenvalue weighted by Gasteiger charge is -2.33. The minimum absolute atomic E-state index is 0.0353. The average molecular weight is 298 g/mol. The molecular weight excluding hydrogens is 268 g/mol. The Morgan fingerprint density at radius 2 is 2.10 bits per heavy atom. The van der Waals surface area contributed by atoms with E-state index in [0.29, 0.717) is 19.1 Å². The Morgan fingerprint density at radius 1 is 1.38 bits per heavy atom. The first-order valence-electron chi connectivity index (χ1n) is 7.93. The molecule has 1 atom stereocenters. The van der Waals surface area contributed by atoms with Crippen molar-refractivity contribution in [2.45, 2.75) is 45.7 Å². The minimum Gasteiger partial charge on any atom is -0.352 e. The molecule has 0 radical (unpaired) electrons. The second-order valence-electron chi connectivity index (χ2n) is 5.99. The lowest BCUT2D eigenvalue weighted by Crippen LogP contribution is -2.50. The molecule has 0 spiro atoms. The van der Waals surface area contributed by atoms with E-state index in [4.69, 9.17) is 0 Å². The van der Waals surface area contributed by atoms with Crippen LogP contribution in [0.4, 0.5) is 0 Å². The Bertz CT molecular complexity index is 347. The van der Waals surface area contributed by atoms with E-state index in [-0.39, 0.29) is 24.4 Å². The van der Waals surface area contributed by atoms with Crippen molar-refractivity contribution in [1.82, 2.24) is 20.4 Å². The first-order chi connectivity index (χ1) is 9.96. The maximum Gasteiger partial charge on any atom is 0.239 e. The van der Waals surface area contributed by atoms with Crippen molar-refractivity contribution >= 4 is 11.8 Å². The van der Waals surface area contributed by atoms with Crippen molar-refractivity contribution in [3.63, 3.8) is 0 Å². The maximum atomic E-state index is 12.3. The predicted molar refractivity (Wildman–Crippen MR) is 84.1 cm³/mol. The van der Waals surface area contributed by atoms with Crippen LogP contribution in [0.2, 0.25) is 0 Å². The number of carbonyl (C=O) groups is 2. The van der Waals surface area contributed by atoms with Crippen molar-refractivity contribution in [3.8, 4) is 0 Å². The van der Waals surface area contributed by atoms with Gasteiger partial charge in [-0.05, 0) is 47.2 Å². The average Bonchev–Trinajstić information content (AvgIpc) is 2.44. The van der Waals surface area contributed by atoms with Gasteiger partial charge in [-0.1, -0.05) is 0 Å². The van der Waals surface area contributed by atoms with Crippen LogP contribution >= 0.6 is 0 Å². The molecule has 2 N–H and O–H groups in total. The lowest BCUT2D eigenvalue weighted by atomic mass is 10.1. The van der Waals surface area contributed by atoms with E-state index in [1.807, 2.05) is 27.8 Å². The van der Waals surface area contributed by atoms with Gasteiger partial charge < -0.3 is 15.5 Å². The third kappa shape index (κ3) is 6.44. The first kappa shape index (κ1) is 17.9. The number of amides is 2. The fourth-order valence-corrected chi connectivity index (χ4v) is 2.64. The van der Waals surface area contributed by atoms with E-state index in [2.05, 4.69) is 15.5 Å². The zero-order chi connectivity index (χ0) is 15.8.